The van der Waals surface area contributed by atoms with Crippen LogP contribution in [0.5, 0.6) is 0 Å². The molecule has 2 amide bonds. The second-order valence-corrected chi connectivity index (χ2v) is 4.96. The lowest BCUT2D eigenvalue weighted by Crippen LogP contribution is -2.46. The van der Waals surface area contributed by atoms with Crippen molar-refractivity contribution in [2.45, 2.75) is 18.9 Å². The molecule has 1 aromatic rings. The molecular weight excluding hydrogens is 254 g/mol. The molecule has 2 rings (SSSR count). The smallest absolute Gasteiger partial charge is 0.238 e. The highest BCUT2D eigenvalue weighted by Crippen LogP contribution is 2.16. The van der Waals surface area contributed by atoms with Gasteiger partial charge in [-0.15, -0.1) is 0 Å². The third-order valence-electron chi connectivity index (χ3n) is 3.33. The van der Waals surface area contributed by atoms with Gasteiger partial charge in [-0.2, -0.15) is 0 Å². The van der Waals surface area contributed by atoms with Crippen LogP contribution in [0.15, 0.2) is 42.6 Å². The first kappa shape index (κ1) is 14.3. The Morgan fingerprint density at radius 3 is 2.80 bits per heavy atom. The highest BCUT2D eigenvalue weighted by molar-refractivity contribution is 5.92. The second-order valence-electron chi connectivity index (χ2n) is 4.96. The van der Waals surface area contributed by atoms with Crippen LogP contribution in [-0.4, -0.2) is 36.3 Å². The summed E-state index contributed by atoms with van der Waals surface area (Å²) in [5, 5.41) is 5.56. The summed E-state index contributed by atoms with van der Waals surface area (Å²) < 4.78 is 0. The maximum absolute atomic E-state index is 12.0. The molecule has 1 fully saturated rings. The zero-order valence-corrected chi connectivity index (χ0v) is 11.6. The molecule has 1 unspecified atom stereocenters. The van der Waals surface area contributed by atoms with Crippen LogP contribution in [0.1, 0.15) is 12.8 Å². The fourth-order valence-corrected chi connectivity index (χ4v) is 2.31. The fourth-order valence-electron chi connectivity index (χ4n) is 2.31. The molecule has 20 heavy (non-hydrogen) atoms. The largest absolute Gasteiger partial charge is 0.329 e. The number of nitrogens with zero attached hydrogens (tertiary/aromatic N) is 1. The number of likely N-dealkylation sites (N-methyl/N-ethyl adjacent to an activating group) is 1. The zero-order valence-electron chi connectivity index (χ0n) is 11.6. The summed E-state index contributed by atoms with van der Waals surface area (Å²) in [7, 11) is 1.86. The highest BCUT2D eigenvalue weighted by atomic mass is 16.2. The van der Waals surface area contributed by atoms with Crippen molar-refractivity contribution in [1.29, 1.82) is 0 Å². The molecule has 0 spiro atoms. The molecule has 1 aliphatic heterocycles. The Morgan fingerprint density at radius 2 is 2.15 bits per heavy atom. The molecule has 1 heterocycles. The Labute approximate surface area is 118 Å². The van der Waals surface area contributed by atoms with Crippen molar-refractivity contribution in [1.82, 2.24) is 10.2 Å². The van der Waals surface area contributed by atoms with Crippen LogP contribution < -0.4 is 10.6 Å². The van der Waals surface area contributed by atoms with E-state index in [-0.39, 0.29) is 24.4 Å². The summed E-state index contributed by atoms with van der Waals surface area (Å²) in [6, 6.07) is 9.34. The van der Waals surface area contributed by atoms with Gasteiger partial charge in [-0.05, 0) is 25.6 Å². The highest BCUT2D eigenvalue weighted by Gasteiger charge is 2.26. The molecule has 0 saturated carbocycles. The van der Waals surface area contributed by atoms with Gasteiger partial charge < -0.3 is 10.6 Å². The first-order valence-corrected chi connectivity index (χ1v) is 6.60. The average molecular weight is 273 g/mol. The van der Waals surface area contributed by atoms with Gasteiger partial charge in [0.25, 0.3) is 0 Å². The Morgan fingerprint density at radius 1 is 1.45 bits per heavy atom. The van der Waals surface area contributed by atoms with Gasteiger partial charge in [-0.1, -0.05) is 24.8 Å². The molecule has 106 valence electrons. The van der Waals surface area contributed by atoms with Gasteiger partial charge in [0.05, 0.1) is 12.6 Å². The zero-order chi connectivity index (χ0) is 14.5. The predicted molar refractivity (Wildman–Crippen MR) is 78.0 cm³/mol. The Kier molecular flexibility index (Phi) is 4.53. The quantitative estimate of drug-likeness (QED) is 0.870. The minimum atomic E-state index is -0.0802. The monoisotopic (exact) mass is 273 g/mol. The van der Waals surface area contributed by atoms with Crippen LogP contribution in [0.4, 0.5) is 5.69 Å². The van der Waals surface area contributed by atoms with Crippen molar-refractivity contribution in [3.63, 3.8) is 0 Å². The summed E-state index contributed by atoms with van der Waals surface area (Å²) >= 11 is 0. The van der Waals surface area contributed by atoms with Crippen molar-refractivity contribution in [3.05, 3.63) is 42.6 Å². The summed E-state index contributed by atoms with van der Waals surface area (Å²) in [4.78, 5) is 25.1. The fraction of sp³-hybridized carbons (Fsp3) is 0.333. The van der Waals surface area contributed by atoms with Crippen molar-refractivity contribution in [2.75, 3.05) is 18.9 Å². The van der Waals surface area contributed by atoms with E-state index in [0.29, 0.717) is 18.5 Å². The van der Waals surface area contributed by atoms with Crippen LogP contribution >= 0.6 is 0 Å². The number of amides is 2. The lowest BCUT2D eigenvalue weighted by Gasteiger charge is -2.32. The van der Waals surface area contributed by atoms with Gasteiger partial charge in [0, 0.05) is 17.8 Å². The lowest BCUT2D eigenvalue weighted by molar-refractivity contribution is -0.122. The first-order valence-electron chi connectivity index (χ1n) is 6.60. The maximum Gasteiger partial charge on any atom is 0.238 e. The van der Waals surface area contributed by atoms with Crippen LogP contribution in [0.2, 0.25) is 0 Å². The molecule has 5 nitrogen and oxygen atoms in total. The summed E-state index contributed by atoms with van der Waals surface area (Å²) in [6.07, 6.45) is 1.16. The van der Waals surface area contributed by atoms with Gasteiger partial charge in [0.2, 0.25) is 11.8 Å². The second kappa shape index (κ2) is 6.34. The van der Waals surface area contributed by atoms with E-state index in [1.807, 2.05) is 42.3 Å². The van der Waals surface area contributed by atoms with E-state index >= 15 is 0 Å². The van der Waals surface area contributed by atoms with Crippen molar-refractivity contribution in [3.8, 4) is 0 Å². The number of benzene rings is 1. The van der Waals surface area contributed by atoms with E-state index in [4.69, 9.17) is 0 Å². The van der Waals surface area contributed by atoms with Crippen LogP contribution in [0.3, 0.4) is 0 Å². The Balaban J connectivity index is 1.88. The molecule has 1 aliphatic rings. The molecule has 1 atom stereocenters. The molecule has 0 aromatic heterocycles. The first-order chi connectivity index (χ1) is 9.56. The number of hydrogen-bond donors (Lipinski definition) is 2. The third kappa shape index (κ3) is 3.68. The number of para-hydroxylation sites is 1. The summed E-state index contributed by atoms with van der Waals surface area (Å²) in [6.45, 7) is 4.11. The minimum absolute atomic E-state index is 0.00612. The number of carbonyl (C=O) groups excluding carboxylic acids is 2. The average Bonchev–Trinajstić information content (AvgIpc) is 2.39. The van der Waals surface area contributed by atoms with E-state index in [2.05, 4.69) is 17.2 Å². The number of anilines is 1. The maximum atomic E-state index is 12.0. The summed E-state index contributed by atoms with van der Waals surface area (Å²) in [5.41, 5.74) is 1.44. The van der Waals surface area contributed by atoms with E-state index in [9.17, 15) is 9.59 Å². The predicted octanol–water partition coefficient (Wildman–Crippen LogP) is 1.35. The van der Waals surface area contributed by atoms with Crippen molar-refractivity contribution < 1.29 is 9.59 Å². The number of piperidine rings is 1. The third-order valence-corrected chi connectivity index (χ3v) is 3.33. The molecule has 0 radical (unpaired) electrons. The SMILES string of the molecule is C=C1NC(=O)CCC1N(C)CC(=O)Nc1ccccc1. The topological polar surface area (TPSA) is 61.4 Å². The van der Waals surface area contributed by atoms with Crippen molar-refractivity contribution >= 4 is 17.5 Å². The van der Waals surface area contributed by atoms with Gasteiger partial charge in [-0.3, -0.25) is 14.5 Å². The van der Waals surface area contributed by atoms with E-state index in [1.54, 1.807) is 0 Å². The van der Waals surface area contributed by atoms with E-state index in [1.165, 1.54) is 0 Å². The molecule has 1 aromatic carbocycles. The van der Waals surface area contributed by atoms with Gasteiger partial charge in [0.1, 0.15) is 0 Å². The van der Waals surface area contributed by atoms with Crippen molar-refractivity contribution in [2.24, 2.45) is 0 Å². The van der Waals surface area contributed by atoms with Crippen LogP contribution in [0, 0.1) is 0 Å². The number of nitrogens with one attached hydrogen (secondary N) is 2. The van der Waals surface area contributed by atoms with E-state index < -0.39 is 0 Å². The number of rotatable bonds is 4. The standard InChI is InChI=1S/C15H19N3O2/c1-11-13(8-9-14(19)16-11)18(2)10-15(20)17-12-6-4-3-5-7-12/h3-7,13H,1,8-10H2,2H3,(H,16,19)(H,17,20). The molecular formula is C15H19N3O2. The number of carbonyl (C=O) groups is 2. The van der Waals surface area contributed by atoms with Crippen LogP contribution in [-0.2, 0) is 9.59 Å². The molecule has 2 N–H and O–H groups in total. The Bertz CT molecular complexity index is 513. The Hall–Kier alpha value is -2.14. The molecule has 0 bridgehead atoms. The molecule has 5 heteroatoms. The molecule has 1 saturated heterocycles. The van der Waals surface area contributed by atoms with Gasteiger partial charge in [0.15, 0.2) is 0 Å². The lowest BCUT2D eigenvalue weighted by atomic mass is 10.0. The van der Waals surface area contributed by atoms with E-state index in [0.717, 1.165) is 5.69 Å². The minimum Gasteiger partial charge on any atom is -0.329 e. The normalized spacial score (nSPS) is 18.8. The molecule has 0 aliphatic carbocycles. The van der Waals surface area contributed by atoms with Crippen LogP contribution in [0.25, 0.3) is 0 Å². The van der Waals surface area contributed by atoms with Gasteiger partial charge >= 0.3 is 0 Å². The van der Waals surface area contributed by atoms with Gasteiger partial charge in [-0.25, -0.2) is 0 Å². The summed E-state index contributed by atoms with van der Waals surface area (Å²) in [5.74, 6) is -0.0863. The number of hydrogen-bond acceptors (Lipinski definition) is 3.